The Labute approximate surface area is 138 Å². The van der Waals surface area contributed by atoms with E-state index in [4.69, 9.17) is 5.73 Å². The van der Waals surface area contributed by atoms with E-state index in [1.807, 2.05) is 24.3 Å². The molecule has 122 valence electrons. The van der Waals surface area contributed by atoms with Crippen LogP contribution >= 0.6 is 0 Å². The zero-order chi connectivity index (χ0) is 17.1. The first-order valence-corrected chi connectivity index (χ1v) is 7.49. The number of carbonyl (C=O) groups is 2. The van der Waals surface area contributed by atoms with Crippen LogP contribution in [0, 0.1) is 0 Å². The number of nitrogens with one attached hydrogen (secondary N) is 2. The monoisotopic (exact) mass is 323 g/mol. The van der Waals surface area contributed by atoms with Gasteiger partial charge in [0, 0.05) is 29.2 Å². The highest BCUT2D eigenvalue weighted by Crippen LogP contribution is 2.19. The Morgan fingerprint density at radius 1 is 1.12 bits per heavy atom. The molecular formula is C18H17N3O3. The molecule has 0 bridgehead atoms. The molecular weight excluding hydrogens is 306 g/mol. The van der Waals surface area contributed by atoms with Gasteiger partial charge in [-0.25, -0.2) is 4.79 Å². The molecule has 24 heavy (non-hydrogen) atoms. The van der Waals surface area contributed by atoms with E-state index in [1.54, 1.807) is 30.5 Å². The second-order valence-corrected chi connectivity index (χ2v) is 5.52. The number of rotatable bonds is 5. The van der Waals surface area contributed by atoms with Crippen molar-refractivity contribution in [3.63, 3.8) is 0 Å². The number of para-hydroxylation sites is 2. The Hall–Kier alpha value is -3.28. The maximum Gasteiger partial charge on any atom is 0.326 e. The van der Waals surface area contributed by atoms with Gasteiger partial charge in [-0.15, -0.1) is 0 Å². The SMILES string of the molecule is Nc1ccccc1C(=O)N[C@@H](Cc1c[nH]c2ccccc12)C(=O)O. The first-order chi connectivity index (χ1) is 11.6. The number of nitrogen functional groups attached to an aromatic ring is 1. The van der Waals surface area contributed by atoms with Crippen molar-refractivity contribution in [3.8, 4) is 0 Å². The number of hydrogen-bond donors (Lipinski definition) is 4. The highest BCUT2D eigenvalue weighted by molar-refractivity contribution is 6.01. The first kappa shape index (κ1) is 15.6. The first-order valence-electron chi connectivity index (χ1n) is 7.49. The Morgan fingerprint density at radius 2 is 1.83 bits per heavy atom. The molecule has 2 aromatic carbocycles. The number of carboxylic acids is 1. The lowest BCUT2D eigenvalue weighted by molar-refractivity contribution is -0.139. The number of nitrogens with two attached hydrogens (primary N) is 1. The fourth-order valence-corrected chi connectivity index (χ4v) is 2.66. The Kier molecular flexibility index (Phi) is 4.20. The van der Waals surface area contributed by atoms with Crippen LogP contribution in [0.25, 0.3) is 10.9 Å². The Morgan fingerprint density at radius 3 is 2.58 bits per heavy atom. The number of aromatic amines is 1. The third kappa shape index (κ3) is 3.08. The van der Waals surface area contributed by atoms with E-state index >= 15 is 0 Å². The number of H-pyrrole nitrogens is 1. The quantitative estimate of drug-likeness (QED) is 0.540. The van der Waals surface area contributed by atoms with E-state index in [2.05, 4.69) is 10.3 Å². The molecule has 0 radical (unpaired) electrons. The zero-order valence-electron chi connectivity index (χ0n) is 12.8. The molecule has 1 atom stereocenters. The van der Waals surface area contributed by atoms with Crippen molar-refractivity contribution in [2.45, 2.75) is 12.5 Å². The highest BCUT2D eigenvalue weighted by Gasteiger charge is 2.23. The maximum absolute atomic E-state index is 12.3. The molecule has 0 saturated carbocycles. The van der Waals surface area contributed by atoms with E-state index in [-0.39, 0.29) is 12.0 Å². The van der Waals surface area contributed by atoms with Crippen molar-refractivity contribution in [2.24, 2.45) is 0 Å². The Bertz CT molecular complexity index is 901. The van der Waals surface area contributed by atoms with Gasteiger partial charge in [0.15, 0.2) is 0 Å². The summed E-state index contributed by atoms with van der Waals surface area (Å²) in [5.74, 6) is -1.59. The normalized spacial score (nSPS) is 12.0. The van der Waals surface area contributed by atoms with Gasteiger partial charge in [-0.2, -0.15) is 0 Å². The molecule has 0 aliphatic heterocycles. The second kappa shape index (κ2) is 6.45. The van der Waals surface area contributed by atoms with Gasteiger partial charge in [-0.3, -0.25) is 4.79 Å². The van der Waals surface area contributed by atoms with E-state index < -0.39 is 17.9 Å². The average Bonchev–Trinajstić information content (AvgIpc) is 2.97. The van der Waals surface area contributed by atoms with Crippen LogP contribution in [0.5, 0.6) is 0 Å². The largest absolute Gasteiger partial charge is 0.480 e. The van der Waals surface area contributed by atoms with Gasteiger partial charge in [-0.1, -0.05) is 30.3 Å². The number of amides is 1. The number of carbonyl (C=O) groups excluding carboxylic acids is 1. The molecule has 0 saturated heterocycles. The van der Waals surface area contributed by atoms with Crippen molar-refractivity contribution in [1.29, 1.82) is 0 Å². The molecule has 0 aliphatic rings. The smallest absolute Gasteiger partial charge is 0.326 e. The summed E-state index contributed by atoms with van der Waals surface area (Å²) in [7, 11) is 0. The summed E-state index contributed by atoms with van der Waals surface area (Å²) < 4.78 is 0. The molecule has 5 N–H and O–H groups in total. The average molecular weight is 323 g/mol. The molecule has 0 spiro atoms. The molecule has 1 heterocycles. The zero-order valence-corrected chi connectivity index (χ0v) is 12.8. The van der Waals surface area contributed by atoms with Crippen LogP contribution in [-0.2, 0) is 11.2 Å². The molecule has 3 rings (SSSR count). The van der Waals surface area contributed by atoms with Crippen molar-refractivity contribution >= 4 is 28.5 Å². The summed E-state index contributed by atoms with van der Waals surface area (Å²) >= 11 is 0. The predicted octanol–water partition coefficient (Wildman–Crippen LogP) is 2.18. The summed E-state index contributed by atoms with van der Waals surface area (Å²) in [5, 5.41) is 12.9. The predicted molar refractivity (Wildman–Crippen MR) is 91.7 cm³/mol. The van der Waals surface area contributed by atoms with E-state index in [0.717, 1.165) is 16.5 Å². The van der Waals surface area contributed by atoms with Crippen LogP contribution in [-0.4, -0.2) is 28.0 Å². The molecule has 0 aliphatic carbocycles. The van der Waals surface area contributed by atoms with Crippen LogP contribution < -0.4 is 11.1 Å². The molecule has 6 nitrogen and oxygen atoms in total. The van der Waals surface area contributed by atoms with E-state index in [9.17, 15) is 14.7 Å². The fourth-order valence-electron chi connectivity index (χ4n) is 2.66. The third-order valence-electron chi connectivity index (χ3n) is 3.91. The summed E-state index contributed by atoms with van der Waals surface area (Å²) in [6.07, 6.45) is 1.95. The van der Waals surface area contributed by atoms with Gasteiger partial charge in [-0.05, 0) is 23.8 Å². The lowest BCUT2D eigenvalue weighted by Crippen LogP contribution is -2.42. The van der Waals surface area contributed by atoms with Gasteiger partial charge in [0.05, 0.1) is 5.56 Å². The topological polar surface area (TPSA) is 108 Å². The number of benzene rings is 2. The lowest BCUT2D eigenvalue weighted by Gasteiger charge is -2.15. The lowest BCUT2D eigenvalue weighted by atomic mass is 10.0. The number of fused-ring (bicyclic) bond motifs is 1. The molecule has 3 aromatic rings. The number of carboxylic acid groups (broad SMARTS) is 1. The minimum absolute atomic E-state index is 0.178. The maximum atomic E-state index is 12.3. The van der Waals surface area contributed by atoms with Crippen molar-refractivity contribution in [3.05, 3.63) is 65.9 Å². The number of aliphatic carboxylic acids is 1. The van der Waals surface area contributed by atoms with Gasteiger partial charge >= 0.3 is 5.97 Å². The summed E-state index contributed by atoms with van der Waals surface area (Å²) in [5.41, 5.74) is 8.11. The minimum Gasteiger partial charge on any atom is -0.480 e. The van der Waals surface area contributed by atoms with Gasteiger partial charge < -0.3 is 21.1 Å². The third-order valence-corrected chi connectivity index (χ3v) is 3.91. The van der Waals surface area contributed by atoms with Crippen LogP contribution in [0.3, 0.4) is 0 Å². The van der Waals surface area contributed by atoms with Crippen LogP contribution in [0.4, 0.5) is 5.69 Å². The number of anilines is 1. The van der Waals surface area contributed by atoms with Crippen LogP contribution in [0.15, 0.2) is 54.7 Å². The summed E-state index contributed by atoms with van der Waals surface area (Å²) in [6, 6.07) is 13.1. The van der Waals surface area contributed by atoms with Crippen molar-refractivity contribution in [2.75, 3.05) is 5.73 Å². The number of hydrogen-bond acceptors (Lipinski definition) is 3. The van der Waals surface area contributed by atoms with Crippen molar-refractivity contribution < 1.29 is 14.7 Å². The van der Waals surface area contributed by atoms with E-state index in [0.29, 0.717) is 5.69 Å². The van der Waals surface area contributed by atoms with Crippen molar-refractivity contribution in [1.82, 2.24) is 10.3 Å². The summed E-state index contributed by atoms with van der Waals surface area (Å²) in [6.45, 7) is 0. The van der Waals surface area contributed by atoms with Gasteiger partial charge in [0.1, 0.15) is 6.04 Å². The molecule has 0 fully saturated rings. The molecule has 1 aromatic heterocycles. The highest BCUT2D eigenvalue weighted by atomic mass is 16.4. The molecule has 6 heteroatoms. The Balaban J connectivity index is 1.82. The van der Waals surface area contributed by atoms with Crippen LogP contribution in [0.1, 0.15) is 15.9 Å². The summed E-state index contributed by atoms with van der Waals surface area (Å²) in [4.78, 5) is 27.0. The minimum atomic E-state index is -1.09. The second-order valence-electron chi connectivity index (χ2n) is 5.52. The fraction of sp³-hybridized carbons (Fsp3) is 0.111. The van der Waals surface area contributed by atoms with Gasteiger partial charge in [0.2, 0.25) is 0 Å². The molecule has 1 amide bonds. The standard InChI is InChI=1S/C18H17N3O3/c19-14-7-3-1-6-13(14)17(22)21-16(18(23)24)9-11-10-20-15-8-4-2-5-12(11)15/h1-8,10,16,20H,9,19H2,(H,21,22)(H,23,24)/t16-/m0/s1. The van der Waals surface area contributed by atoms with Gasteiger partial charge in [0.25, 0.3) is 5.91 Å². The van der Waals surface area contributed by atoms with Crippen LogP contribution in [0.2, 0.25) is 0 Å². The molecule has 0 unspecified atom stereocenters. The number of aromatic nitrogens is 1. The van der Waals surface area contributed by atoms with E-state index in [1.165, 1.54) is 0 Å².